The van der Waals surface area contributed by atoms with Crippen molar-refractivity contribution in [1.29, 1.82) is 0 Å². The summed E-state index contributed by atoms with van der Waals surface area (Å²) in [5, 5.41) is 0. The Balaban J connectivity index is 1.48. The van der Waals surface area contributed by atoms with E-state index in [2.05, 4.69) is 15.9 Å². The highest BCUT2D eigenvalue weighted by Gasteiger charge is 2.16. The van der Waals surface area contributed by atoms with Crippen molar-refractivity contribution >= 4 is 27.7 Å². The number of benzene rings is 2. The average Bonchev–Trinajstić information content (AvgIpc) is 2.65. The van der Waals surface area contributed by atoms with Crippen LogP contribution in [-0.4, -0.2) is 38.2 Å². The number of carbonyl (C=O) groups is 2. The molecule has 0 spiro atoms. The third-order valence-electron chi connectivity index (χ3n) is 3.40. The summed E-state index contributed by atoms with van der Waals surface area (Å²) in [6, 6.07) is 11.9. The number of hydrogen-bond acceptors (Lipinski definition) is 6. The summed E-state index contributed by atoms with van der Waals surface area (Å²) in [6.07, 6.45) is 0. The highest BCUT2D eigenvalue weighted by atomic mass is 79.9. The van der Waals surface area contributed by atoms with Gasteiger partial charge in [-0.3, -0.25) is 4.79 Å². The predicted octanol–water partition coefficient (Wildman–Crippen LogP) is 3.03. The maximum absolute atomic E-state index is 12.1. The van der Waals surface area contributed by atoms with Gasteiger partial charge in [-0.2, -0.15) is 0 Å². The first-order valence-corrected chi connectivity index (χ1v) is 8.38. The van der Waals surface area contributed by atoms with Gasteiger partial charge in [0.15, 0.2) is 30.5 Å². The molecule has 130 valence electrons. The lowest BCUT2D eigenvalue weighted by atomic mass is 10.1. The molecule has 0 saturated carbocycles. The average molecular weight is 407 g/mol. The zero-order chi connectivity index (χ0) is 17.6. The van der Waals surface area contributed by atoms with Crippen LogP contribution in [0.1, 0.15) is 10.4 Å². The van der Waals surface area contributed by atoms with Crippen LogP contribution in [0.3, 0.4) is 0 Å². The lowest BCUT2D eigenvalue weighted by Crippen LogP contribution is -2.20. The molecule has 6 nitrogen and oxygen atoms in total. The summed E-state index contributed by atoms with van der Waals surface area (Å²) in [4.78, 5) is 23.8. The zero-order valence-electron chi connectivity index (χ0n) is 13.2. The van der Waals surface area contributed by atoms with E-state index in [0.717, 1.165) is 4.47 Å². The second-order valence-corrected chi connectivity index (χ2v) is 6.10. The van der Waals surface area contributed by atoms with Crippen LogP contribution in [0.2, 0.25) is 0 Å². The molecule has 1 aliphatic heterocycles. The summed E-state index contributed by atoms with van der Waals surface area (Å²) in [5.41, 5.74) is 0.394. The topological polar surface area (TPSA) is 71.1 Å². The summed E-state index contributed by atoms with van der Waals surface area (Å²) in [6.45, 7) is 0.293. The highest BCUT2D eigenvalue weighted by Crippen LogP contribution is 2.30. The second-order valence-electron chi connectivity index (χ2n) is 5.18. The number of halogens is 1. The first-order chi connectivity index (χ1) is 12.1. The fraction of sp³-hybridized carbons (Fsp3) is 0.222. The number of rotatable bonds is 6. The van der Waals surface area contributed by atoms with Gasteiger partial charge in [-0.05, 0) is 42.5 Å². The molecular weight excluding hydrogens is 392 g/mol. The van der Waals surface area contributed by atoms with Crippen LogP contribution in [0.15, 0.2) is 46.9 Å². The third kappa shape index (κ3) is 4.73. The van der Waals surface area contributed by atoms with Crippen LogP contribution in [0, 0.1) is 0 Å². The van der Waals surface area contributed by atoms with E-state index in [4.69, 9.17) is 18.9 Å². The fourth-order valence-corrected chi connectivity index (χ4v) is 2.43. The van der Waals surface area contributed by atoms with Crippen molar-refractivity contribution in [3.63, 3.8) is 0 Å². The Hall–Kier alpha value is -2.54. The maximum Gasteiger partial charge on any atom is 0.344 e. The van der Waals surface area contributed by atoms with Gasteiger partial charge in [0.1, 0.15) is 19.0 Å². The molecule has 0 bridgehead atoms. The number of fused-ring (bicyclic) bond motifs is 1. The van der Waals surface area contributed by atoms with Crippen LogP contribution in [-0.2, 0) is 9.53 Å². The Kier molecular flexibility index (Phi) is 5.55. The van der Waals surface area contributed by atoms with E-state index in [1.165, 1.54) is 0 Å². The highest BCUT2D eigenvalue weighted by molar-refractivity contribution is 9.10. The summed E-state index contributed by atoms with van der Waals surface area (Å²) in [7, 11) is 0. The molecule has 7 heteroatoms. The standard InChI is InChI=1S/C18H15BrO6/c19-13-2-4-14(5-3-13)24-11-18(21)25-10-15(20)12-1-6-16-17(9-12)23-8-7-22-16/h1-6,9H,7-8,10-11H2. The van der Waals surface area contributed by atoms with Gasteiger partial charge in [0, 0.05) is 10.0 Å². The van der Waals surface area contributed by atoms with Crippen molar-refractivity contribution in [1.82, 2.24) is 0 Å². The van der Waals surface area contributed by atoms with E-state index in [0.29, 0.717) is 36.0 Å². The zero-order valence-corrected chi connectivity index (χ0v) is 14.8. The van der Waals surface area contributed by atoms with Gasteiger partial charge >= 0.3 is 5.97 Å². The minimum atomic E-state index is -0.617. The van der Waals surface area contributed by atoms with Crippen LogP contribution >= 0.6 is 15.9 Å². The normalized spacial score (nSPS) is 12.4. The van der Waals surface area contributed by atoms with Crippen LogP contribution < -0.4 is 14.2 Å². The Labute approximate surface area is 152 Å². The first kappa shape index (κ1) is 17.3. The summed E-state index contributed by atoms with van der Waals surface area (Å²) >= 11 is 3.31. The largest absolute Gasteiger partial charge is 0.486 e. The Morgan fingerprint density at radius 2 is 1.68 bits per heavy atom. The van der Waals surface area contributed by atoms with E-state index in [1.54, 1.807) is 42.5 Å². The number of ether oxygens (including phenoxy) is 4. The SMILES string of the molecule is O=C(COc1ccc(Br)cc1)OCC(=O)c1ccc2c(c1)OCCO2. The van der Waals surface area contributed by atoms with E-state index in [1.807, 2.05) is 0 Å². The van der Waals surface area contributed by atoms with Gasteiger partial charge < -0.3 is 18.9 Å². The molecule has 1 heterocycles. The van der Waals surface area contributed by atoms with Gasteiger partial charge in [0.05, 0.1) is 0 Å². The molecule has 0 fully saturated rings. The van der Waals surface area contributed by atoms with Gasteiger partial charge in [0.2, 0.25) is 0 Å². The fourth-order valence-electron chi connectivity index (χ4n) is 2.16. The molecular formula is C18H15BrO6. The maximum atomic E-state index is 12.1. The molecule has 0 atom stereocenters. The van der Waals surface area contributed by atoms with Crippen molar-refractivity contribution < 1.29 is 28.5 Å². The van der Waals surface area contributed by atoms with Crippen molar-refractivity contribution in [2.24, 2.45) is 0 Å². The lowest BCUT2D eigenvalue weighted by molar-refractivity contribution is -0.144. The van der Waals surface area contributed by atoms with E-state index < -0.39 is 5.97 Å². The molecule has 25 heavy (non-hydrogen) atoms. The molecule has 0 aliphatic carbocycles. The minimum absolute atomic E-state index is 0.268. The predicted molar refractivity (Wildman–Crippen MR) is 92.4 cm³/mol. The van der Waals surface area contributed by atoms with Crippen molar-refractivity contribution in [2.75, 3.05) is 26.4 Å². The number of hydrogen-bond donors (Lipinski definition) is 0. The quantitative estimate of drug-likeness (QED) is 0.542. The minimum Gasteiger partial charge on any atom is -0.486 e. The Bertz CT molecular complexity index is 772. The first-order valence-electron chi connectivity index (χ1n) is 7.58. The Morgan fingerprint density at radius 3 is 2.44 bits per heavy atom. The smallest absolute Gasteiger partial charge is 0.344 e. The summed E-state index contributed by atoms with van der Waals surface area (Å²) in [5.74, 6) is 0.714. The molecule has 2 aromatic carbocycles. The number of carbonyl (C=O) groups excluding carboxylic acids is 2. The molecule has 3 rings (SSSR count). The number of ketones is 1. The van der Waals surface area contributed by atoms with Crippen molar-refractivity contribution in [3.8, 4) is 17.2 Å². The van der Waals surface area contributed by atoms with Crippen molar-refractivity contribution in [2.45, 2.75) is 0 Å². The van der Waals surface area contributed by atoms with Crippen LogP contribution in [0.4, 0.5) is 0 Å². The molecule has 0 N–H and O–H groups in total. The molecule has 1 aliphatic rings. The summed E-state index contributed by atoms with van der Waals surface area (Å²) < 4.78 is 22.0. The van der Waals surface area contributed by atoms with Gasteiger partial charge in [-0.1, -0.05) is 15.9 Å². The number of Topliss-reactive ketones (excluding diaryl/α,β-unsaturated/α-hetero) is 1. The molecule has 2 aromatic rings. The van der Waals surface area contributed by atoms with Crippen LogP contribution in [0.25, 0.3) is 0 Å². The van der Waals surface area contributed by atoms with Crippen LogP contribution in [0.5, 0.6) is 17.2 Å². The van der Waals surface area contributed by atoms with Gasteiger partial charge in [-0.15, -0.1) is 0 Å². The monoisotopic (exact) mass is 406 g/mol. The van der Waals surface area contributed by atoms with Crippen molar-refractivity contribution in [3.05, 3.63) is 52.5 Å². The second kappa shape index (κ2) is 8.02. The molecule has 0 aromatic heterocycles. The molecule has 0 saturated heterocycles. The Morgan fingerprint density at radius 1 is 0.960 bits per heavy atom. The molecule has 0 unspecified atom stereocenters. The third-order valence-corrected chi connectivity index (χ3v) is 3.93. The molecule has 0 amide bonds. The lowest BCUT2D eigenvalue weighted by Gasteiger charge is -2.18. The van der Waals surface area contributed by atoms with Gasteiger partial charge in [-0.25, -0.2) is 4.79 Å². The van der Waals surface area contributed by atoms with Gasteiger partial charge in [0.25, 0.3) is 0 Å². The van der Waals surface area contributed by atoms with E-state index in [-0.39, 0.29) is 19.0 Å². The van der Waals surface area contributed by atoms with E-state index >= 15 is 0 Å². The van der Waals surface area contributed by atoms with E-state index in [9.17, 15) is 9.59 Å². The molecule has 0 radical (unpaired) electrons. The number of esters is 1.